The topological polar surface area (TPSA) is 104 Å². The van der Waals surface area contributed by atoms with Crippen LogP contribution < -0.4 is 0 Å². The predicted octanol–water partition coefficient (Wildman–Crippen LogP) is 2.41. The van der Waals surface area contributed by atoms with Gasteiger partial charge in [0, 0.05) is 6.20 Å². The average molecular weight is 306 g/mol. The standard InChI is InChI=1S/C12H5F3N6O/c13-12(14,15)9-2-1-6(4-17-9)11-18-8(5-22-11)10-7(3-16)19-21-20-10/h1-2,4-5H,(H,19,20,21). The molecule has 0 saturated carbocycles. The molecule has 0 fully saturated rings. The zero-order valence-electron chi connectivity index (χ0n) is 10.6. The van der Waals surface area contributed by atoms with Crippen molar-refractivity contribution in [1.29, 1.82) is 5.26 Å². The highest BCUT2D eigenvalue weighted by Gasteiger charge is 2.32. The number of aromatic nitrogens is 5. The molecule has 3 aromatic rings. The van der Waals surface area contributed by atoms with Gasteiger partial charge in [-0.3, -0.25) is 4.98 Å². The van der Waals surface area contributed by atoms with Gasteiger partial charge in [-0.2, -0.15) is 28.7 Å². The zero-order chi connectivity index (χ0) is 15.7. The van der Waals surface area contributed by atoms with Crippen LogP contribution in [0.25, 0.3) is 22.8 Å². The van der Waals surface area contributed by atoms with Gasteiger partial charge in [0.05, 0.1) is 5.56 Å². The van der Waals surface area contributed by atoms with E-state index in [9.17, 15) is 13.2 Å². The highest BCUT2D eigenvalue weighted by Crippen LogP contribution is 2.29. The maximum Gasteiger partial charge on any atom is 0.433 e. The molecule has 0 atom stereocenters. The first-order chi connectivity index (χ1) is 10.5. The molecule has 0 unspecified atom stereocenters. The van der Waals surface area contributed by atoms with Crippen LogP contribution in [0.3, 0.4) is 0 Å². The second kappa shape index (κ2) is 4.96. The van der Waals surface area contributed by atoms with Crippen LogP contribution in [0.1, 0.15) is 11.4 Å². The van der Waals surface area contributed by atoms with Crippen molar-refractivity contribution in [1.82, 2.24) is 25.4 Å². The summed E-state index contributed by atoms with van der Waals surface area (Å²) in [6, 6.07) is 3.85. The van der Waals surface area contributed by atoms with E-state index in [0.717, 1.165) is 12.3 Å². The Morgan fingerprint density at radius 3 is 2.68 bits per heavy atom. The van der Waals surface area contributed by atoms with Crippen molar-refractivity contribution in [2.75, 3.05) is 0 Å². The van der Waals surface area contributed by atoms with Gasteiger partial charge in [-0.25, -0.2) is 4.98 Å². The molecule has 1 N–H and O–H groups in total. The molecule has 0 aliphatic rings. The molecule has 3 rings (SSSR count). The lowest BCUT2D eigenvalue weighted by atomic mass is 10.2. The van der Waals surface area contributed by atoms with Gasteiger partial charge in [0.1, 0.15) is 23.7 Å². The largest absolute Gasteiger partial charge is 0.444 e. The summed E-state index contributed by atoms with van der Waals surface area (Å²) in [4.78, 5) is 7.38. The molecule has 3 heterocycles. The number of oxazole rings is 1. The normalized spacial score (nSPS) is 11.4. The van der Waals surface area contributed by atoms with Crippen LogP contribution in [0.2, 0.25) is 0 Å². The summed E-state index contributed by atoms with van der Waals surface area (Å²) in [6.45, 7) is 0. The van der Waals surface area contributed by atoms with Crippen LogP contribution in [-0.2, 0) is 6.18 Å². The van der Waals surface area contributed by atoms with Crippen LogP contribution in [-0.4, -0.2) is 25.4 Å². The quantitative estimate of drug-likeness (QED) is 0.779. The van der Waals surface area contributed by atoms with Crippen molar-refractivity contribution >= 4 is 0 Å². The average Bonchev–Trinajstić information content (AvgIpc) is 3.15. The summed E-state index contributed by atoms with van der Waals surface area (Å²) in [5, 5.41) is 18.5. The van der Waals surface area contributed by atoms with Gasteiger partial charge in [0.15, 0.2) is 11.4 Å². The van der Waals surface area contributed by atoms with Crippen molar-refractivity contribution in [2.24, 2.45) is 0 Å². The van der Waals surface area contributed by atoms with Crippen molar-refractivity contribution < 1.29 is 17.6 Å². The second-order valence-corrected chi connectivity index (χ2v) is 4.10. The first kappa shape index (κ1) is 13.7. The molecule has 0 saturated heterocycles. The number of alkyl halides is 3. The maximum atomic E-state index is 12.4. The minimum absolute atomic E-state index is 0.0328. The first-order valence-corrected chi connectivity index (χ1v) is 5.79. The Bertz CT molecular complexity index is 843. The Balaban J connectivity index is 1.93. The van der Waals surface area contributed by atoms with Crippen molar-refractivity contribution in [3.05, 3.63) is 36.0 Å². The third kappa shape index (κ3) is 2.39. The highest BCUT2D eigenvalue weighted by molar-refractivity contribution is 5.62. The lowest BCUT2D eigenvalue weighted by Crippen LogP contribution is -2.07. The van der Waals surface area contributed by atoms with Gasteiger partial charge in [-0.1, -0.05) is 0 Å². The minimum atomic E-state index is -4.51. The molecular formula is C12H5F3N6O. The Kier molecular flexibility index (Phi) is 3.10. The SMILES string of the molecule is N#Cc1n[nH]nc1-c1coc(-c2ccc(C(F)(F)F)nc2)n1. The Hall–Kier alpha value is -3.22. The lowest BCUT2D eigenvalue weighted by Gasteiger charge is -2.04. The highest BCUT2D eigenvalue weighted by atomic mass is 19.4. The van der Waals surface area contributed by atoms with Crippen LogP contribution in [0.15, 0.2) is 29.0 Å². The number of pyridine rings is 1. The lowest BCUT2D eigenvalue weighted by molar-refractivity contribution is -0.141. The van der Waals surface area contributed by atoms with Gasteiger partial charge in [-0.05, 0) is 12.1 Å². The predicted molar refractivity (Wildman–Crippen MR) is 64.8 cm³/mol. The Labute approximate surface area is 120 Å². The summed E-state index contributed by atoms with van der Waals surface area (Å²) >= 11 is 0. The number of hydrogen-bond donors (Lipinski definition) is 1. The minimum Gasteiger partial charge on any atom is -0.444 e. The van der Waals surface area contributed by atoms with Gasteiger partial charge < -0.3 is 4.42 Å². The summed E-state index contributed by atoms with van der Waals surface area (Å²) in [5.74, 6) is 0.0584. The van der Waals surface area contributed by atoms with E-state index in [1.807, 2.05) is 6.07 Å². The van der Waals surface area contributed by atoms with Crippen LogP contribution >= 0.6 is 0 Å². The molecule has 3 aromatic heterocycles. The van der Waals surface area contributed by atoms with E-state index >= 15 is 0 Å². The maximum absolute atomic E-state index is 12.4. The van der Waals surface area contributed by atoms with E-state index in [4.69, 9.17) is 9.68 Å². The monoisotopic (exact) mass is 306 g/mol. The molecule has 0 spiro atoms. The van der Waals surface area contributed by atoms with E-state index in [-0.39, 0.29) is 28.5 Å². The number of halogens is 3. The number of nitriles is 1. The van der Waals surface area contributed by atoms with E-state index in [0.29, 0.717) is 0 Å². The smallest absolute Gasteiger partial charge is 0.433 e. The molecule has 0 radical (unpaired) electrons. The van der Waals surface area contributed by atoms with Gasteiger partial charge >= 0.3 is 6.18 Å². The van der Waals surface area contributed by atoms with Crippen molar-refractivity contribution in [2.45, 2.75) is 6.18 Å². The molecular weight excluding hydrogens is 301 g/mol. The third-order valence-corrected chi connectivity index (χ3v) is 2.70. The van der Waals surface area contributed by atoms with Gasteiger partial charge in [0.25, 0.3) is 0 Å². The summed E-state index contributed by atoms with van der Waals surface area (Å²) < 4.78 is 42.5. The van der Waals surface area contributed by atoms with Crippen molar-refractivity contribution in [3.63, 3.8) is 0 Å². The molecule has 0 amide bonds. The third-order valence-electron chi connectivity index (χ3n) is 2.70. The summed E-state index contributed by atoms with van der Waals surface area (Å²) in [7, 11) is 0. The number of nitrogens with one attached hydrogen (secondary N) is 1. The van der Waals surface area contributed by atoms with E-state index in [2.05, 4.69) is 25.4 Å². The molecule has 0 bridgehead atoms. The van der Waals surface area contributed by atoms with Crippen molar-refractivity contribution in [3.8, 4) is 28.9 Å². The van der Waals surface area contributed by atoms with E-state index in [1.165, 1.54) is 12.3 Å². The van der Waals surface area contributed by atoms with Crippen LogP contribution in [0.5, 0.6) is 0 Å². The number of H-pyrrole nitrogens is 1. The molecule has 0 aliphatic heterocycles. The fraction of sp³-hybridized carbons (Fsp3) is 0.0833. The van der Waals surface area contributed by atoms with E-state index in [1.54, 1.807) is 0 Å². The second-order valence-electron chi connectivity index (χ2n) is 4.10. The van der Waals surface area contributed by atoms with E-state index < -0.39 is 11.9 Å². The van der Waals surface area contributed by atoms with Crippen LogP contribution in [0.4, 0.5) is 13.2 Å². The fourth-order valence-corrected chi connectivity index (χ4v) is 1.69. The molecule has 110 valence electrons. The summed E-state index contributed by atoms with van der Waals surface area (Å²) in [6.07, 6.45) is -2.28. The molecule has 7 nitrogen and oxygen atoms in total. The Morgan fingerprint density at radius 1 is 1.23 bits per heavy atom. The molecule has 10 heteroatoms. The molecule has 22 heavy (non-hydrogen) atoms. The number of nitrogens with zero attached hydrogens (tertiary/aromatic N) is 5. The fourth-order valence-electron chi connectivity index (χ4n) is 1.69. The molecule has 0 aromatic carbocycles. The number of hydrogen-bond acceptors (Lipinski definition) is 6. The van der Waals surface area contributed by atoms with Gasteiger partial charge in [-0.15, -0.1) is 5.10 Å². The first-order valence-electron chi connectivity index (χ1n) is 5.79. The van der Waals surface area contributed by atoms with Gasteiger partial charge in [0.2, 0.25) is 5.89 Å². The number of rotatable bonds is 2. The summed E-state index contributed by atoms with van der Waals surface area (Å²) in [5.41, 5.74) is -0.282. The molecule has 0 aliphatic carbocycles. The zero-order valence-corrected chi connectivity index (χ0v) is 10.6. The van der Waals surface area contributed by atoms with Crippen LogP contribution in [0, 0.1) is 11.3 Å². The number of aromatic amines is 1. The Morgan fingerprint density at radius 2 is 2.05 bits per heavy atom.